The van der Waals surface area contributed by atoms with Gasteiger partial charge in [0.15, 0.2) is 6.29 Å². The van der Waals surface area contributed by atoms with Crippen LogP contribution in [0.25, 0.3) is 0 Å². The van der Waals surface area contributed by atoms with E-state index in [9.17, 15) is 4.79 Å². The third kappa shape index (κ3) is 2.14. The molecule has 1 aromatic carbocycles. The van der Waals surface area contributed by atoms with E-state index in [-0.39, 0.29) is 0 Å². The van der Waals surface area contributed by atoms with Gasteiger partial charge in [0.1, 0.15) is 0 Å². The van der Waals surface area contributed by atoms with Gasteiger partial charge in [-0.3, -0.25) is 9.89 Å². The molecule has 0 spiro atoms. The molecule has 16 heavy (non-hydrogen) atoms. The summed E-state index contributed by atoms with van der Waals surface area (Å²) in [6, 6.07) is 7.55. The second kappa shape index (κ2) is 4.49. The monoisotopic (exact) mass is 234 g/mol. The molecule has 0 fully saturated rings. The Kier molecular flexibility index (Phi) is 3.06. The average molecular weight is 235 g/mol. The lowest BCUT2D eigenvalue weighted by molar-refractivity contribution is 0.112. The van der Waals surface area contributed by atoms with Gasteiger partial charge < -0.3 is 0 Å². The van der Waals surface area contributed by atoms with Crippen LogP contribution in [0.15, 0.2) is 24.3 Å². The van der Waals surface area contributed by atoms with Crippen molar-refractivity contribution >= 4 is 17.9 Å². The largest absolute Gasteiger partial charge is 0.298 e. The lowest BCUT2D eigenvalue weighted by Gasteiger charge is -1.99. The number of carbonyl (C=O) groups excluding carboxylic acids is 1. The van der Waals surface area contributed by atoms with Crippen molar-refractivity contribution in [2.45, 2.75) is 13.3 Å². The van der Waals surface area contributed by atoms with Crippen LogP contribution in [-0.4, -0.2) is 16.5 Å². The Morgan fingerprint density at radius 3 is 3.00 bits per heavy atom. The Morgan fingerprint density at radius 2 is 2.31 bits per heavy atom. The number of benzene rings is 1. The number of H-pyrrole nitrogens is 1. The van der Waals surface area contributed by atoms with Crippen LogP contribution in [0, 0.1) is 6.92 Å². The highest BCUT2D eigenvalue weighted by Crippen LogP contribution is 2.16. The highest BCUT2D eigenvalue weighted by atomic mass is 35.5. The predicted octanol–water partition coefficient (Wildman–Crippen LogP) is 2.77. The molecule has 0 aliphatic carbocycles. The summed E-state index contributed by atoms with van der Waals surface area (Å²) in [6.07, 6.45) is 1.44. The fourth-order valence-electron chi connectivity index (χ4n) is 1.62. The molecule has 3 nitrogen and oxygen atoms in total. The van der Waals surface area contributed by atoms with Crippen molar-refractivity contribution in [3.8, 4) is 0 Å². The molecular weight excluding hydrogens is 224 g/mol. The van der Waals surface area contributed by atoms with Crippen LogP contribution in [0.3, 0.4) is 0 Å². The van der Waals surface area contributed by atoms with Crippen LogP contribution < -0.4 is 0 Å². The maximum absolute atomic E-state index is 10.9. The number of hydrogen-bond acceptors (Lipinski definition) is 2. The topological polar surface area (TPSA) is 45.8 Å². The number of rotatable bonds is 3. The van der Waals surface area contributed by atoms with Gasteiger partial charge >= 0.3 is 0 Å². The number of nitrogens with zero attached hydrogens (tertiary/aromatic N) is 1. The molecule has 0 aliphatic rings. The zero-order valence-electron chi connectivity index (χ0n) is 8.83. The Morgan fingerprint density at radius 1 is 1.50 bits per heavy atom. The van der Waals surface area contributed by atoms with Crippen molar-refractivity contribution in [1.29, 1.82) is 0 Å². The van der Waals surface area contributed by atoms with Gasteiger partial charge in [-0.2, -0.15) is 5.10 Å². The molecule has 0 radical (unpaired) electrons. The molecule has 0 aliphatic heterocycles. The summed E-state index contributed by atoms with van der Waals surface area (Å²) in [7, 11) is 0. The van der Waals surface area contributed by atoms with Crippen molar-refractivity contribution in [3.63, 3.8) is 0 Å². The minimum atomic E-state index is 0.610. The van der Waals surface area contributed by atoms with Crippen LogP contribution in [0.1, 0.15) is 27.3 Å². The summed E-state index contributed by atoms with van der Waals surface area (Å²) in [6.45, 7) is 1.83. The van der Waals surface area contributed by atoms with Crippen molar-refractivity contribution in [3.05, 3.63) is 51.8 Å². The minimum absolute atomic E-state index is 0.610. The quantitative estimate of drug-likeness (QED) is 0.830. The molecule has 0 atom stereocenters. The summed E-state index contributed by atoms with van der Waals surface area (Å²) in [5.74, 6) is 0. The number of aryl methyl sites for hydroxylation is 1. The van der Waals surface area contributed by atoms with Gasteiger partial charge in [0.2, 0.25) is 0 Å². The minimum Gasteiger partial charge on any atom is -0.298 e. The van der Waals surface area contributed by atoms with Crippen molar-refractivity contribution in [2.24, 2.45) is 0 Å². The van der Waals surface area contributed by atoms with Crippen LogP contribution in [0.2, 0.25) is 5.02 Å². The molecule has 1 heterocycles. The molecule has 0 unspecified atom stereocenters. The van der Waals surface area contributed by atoms with Gasteiger partial charge in [-0.05, 0) is 24.6 Å². The summed E-state index contributed by atoms with van der Waals surface area (Å²) >= 11 is 5.89. The maximum atomic E-state index is 10.9. The number of aromatic nitrogens is 2. The molecule has 0 amide bonds. The van der Waals surface area contributed by atoms with E-state index in [4.69, 9.17) is 11.6 Å². The van der Waals surface area contributed by atoms with E-state index in [1.165, 1.54) is 0 Å². The second-order valence-electron chi connectivity index (χ2n) is 3.63. The molecule has 1 N–H and O–H groups in total. The van der Waals surface area contributed by atoms with Gasteiger partial charge in [0.05, 0.1) is 11.3 Å². The van der Waals surface area contributed by atoms with Gasteiger partial charge in [0, 0.05) is 17.1 Å². The van der Waals surface area contributed by atoms with Crippen molar-refractivity contribution < 1.29 is 4.79 Å². The first kappa shape index (κ1) is 10.9. The zero-order valence-corrected chi connectivity index (χ0v) is 9.58. The van der Waals surface area contributed by atoms with Crippen LogP contribution in [0.5, 0.6) is 0 Å². The number of aldehydes is 1. The highest BCUT2D eigenvalue weighted by molar-refractivity contribution is 6.30. The first-order chi connectivity index (χ1) is 7.70. The van der Waals surface area contributed by atoms with Crippen molar-refractivity contribution in [1.82, 2.24) is 10.2 Å². The molecule has 0 saturated carbocycles. The second-order valence-corrected chi connectivity index (χ2v) is 4.07. The summed E-state index contributed by atoms with van der Waals surface area (Å²) in [4.78, 5) is 10.9. The summed E-state index contributed by atoms with van der Waals surface area (Å²) in [5.41, 5.74) is 3.24. The summed E-state index contributed by atoms with van der Waals surface area (Å²) < 4.78 is 0. The zero-order chi connectivity index (χ0) is 11.5. The molecule has 0 bridgehead atoms. The smallest absolute Gasteiger partial charge is 0.153 e. The Balaban J connectivity index is 2.30. The third-order valence-electron chi connectivity index (χ3n) is 2.45. The molecule has 82 valence electrons. The molecule has 0 saturated heterocycles. The fourth-order valence-corrected chi connectivity index (χ4v) is 1.83. The molecule has 2 rings (SSSR count). The van der Waals surface area contributed by atoms with Crippen LogP contribution in [-0.2, 0) is 6.42 Å². The van der Waals surface area contributed by atoms with Crippen LogP contribution >= 0.6 is 11.6 Å². The first-order valence-corrected chi connectivity index (χ1v) is 5.32. The Labute approximate surface area is 98.4 Å². The van der Waals surface area contributed by atoms with E-state index in [0.717, 1.165) is 23.2 Å². The Bertz CT molecular complexity index is 519. The number of carbonyl (C=O) groups is 1. The lowest BCUT2D eigenvalue weighted by Crippen LogP contribution is -1.93. The molecule has 1 aromatic heterocycles. The van der Waals surface area contributed by atoms with Crippen molar-refractivity contribution in [2.75, 3.05) is 0 Å². The highest BCUT2D eigenvalue weighted by Gasteiger charge is 2.09. The normalized spacial score (nSPS) is 10.4. The molecule has 4 heteroatoms. The fraction of sp³-hybridized carbons (Fsp3) is 0.167. The van der Waals surface area contributed by atoms with E-state index >= 15 is 0 Å². The Hall–Kier alpha value is -1.61. The third-order valence-corrected chi connectivity index (χ3v) is 2.69. The number of nitrogens with one attached hydrogen (secondary N) is 1. The average Bonchev–Trinajstić information content (AvgIpc) is 2.59. The standard InChI is InChI=1S/C12H11ClN2O/c1-8-11(7-16)12(15-14-8)6-9-3-2-4-10(13)5-9/h2-5,7H,6H2,1H3,(H,14,15). The first-order valence-electron chi connectivity index (χ1n) is 4.94. The molecular formula is C12H11ClN2O. The SMILES string of the molecule is Cc1[nH]nc(Cc2cccc(Cl)c2)c1C=O. The number of halogens is 1. The number of aromatic amines is 1. The van der Waals surface area contributed by atoms with E-state index in [1.807, 2.05) is 31.2 Å². The number of hydrogen-bond donors (Lipinski definition) is 1. The van der Waals surface area contributed by atoms with Gasteiger partial charge in [-0.1, -0.05) is 23.7 Å². The predicted molar refractivity (Wildman–Crippen MR) is 63.0 cm³/mol. The lowest BCUT2D eigenvalue weighted by atomic mass is 10.1. The van der Waals surface area contributed by atoms with Gasteiger partial charge in [-0.25, -0.2) is 0 Å². The van der Waals surface area contributed by atoms with E-state index in [2.05, 4.69) is 10.2 Å². The molecule has 2 aromatic rings. The van der Waals surface area contributed by atoms with E-state index < -0.39 is 0 Å². The van der Waals surface area contributed by atoms with Gasteiger partial charge in [-0.15, -0.1) is 0 Å². The maximum Gasteiger partial charge on any atom is 0.153 e. The van der Waals surface area contributed by atoms with E-state index in [1.54, 1.807) is 0 Å². The van der Waals surface area contributed by atoms with Crippen LogP contribution in [0.4, 0.5) is 0 Å². The summed E-state index contributed by atoms with van der Waals surface area (Å²) in [5, 5.41) is 7.61. The van der Waals surface area contributed by atoms with E-state index in [0.29, 0.717) is 17.0 Å². The van der Waals surface area contributed by atoms with Gasteiger partial charge in [0.25, 0.3) is 0 Å².